The molecular formula is C9H15NO4. The second-order valence-corrected chi connectivity index (χ2v) is 3.77. The van der Waals surface area contributed by atoms with Crippen LogP contribution >= 0.6 is 0 Å². The molecule has 0 saturated heterocycles. The summed E-state index contributed by atoms with van der Waals surface area (Å²) in [6, 6.07) is -0.623. The molecule has 0 radical (unpaired) electrons. The minimum atomic E-state index is -0.623. The summed E-state index contributed by atoms with van der Waals surface area (Å²) in [5.41, 5.74) is 0. The van der Waals surface area contributed by atoms with Crippen LogP contribution in [0.25, 0.3) is 0 Å². The van der Waals surface area contributed by atoms with Crippen molar-refractivity contribution in [3.8, 4) is 0 Å². The molecule has 0 amide bonds. The Kier molecular flexibility index (Phi) is 3.57. The summed E-state index contributed by atoms with van der Waals surface area (Å²) in [6.07, 6.45) is 0.678. The van der Waals surface area contributed by atoms with E-state index in [0.29, 0.717) is 19.4 Å². The van der Waals surface area contributed by atoms with Gasteiger partial charge in [-0.2, -0.15) is 0 Å². The second kappa shape index (κ2) is 4.50. The van der Waals surface area contributed by atoms with Gasteiger partial charge in [0.15, 0.2) is 0 Å². The summed E-state index contributed by atoms with van der Waals surface area (Å²) >= 11 is 0. The molecule has 3 atom stereocenters. The van der Waals surface area contributed by atoms with E-state index in [0.717, 1.165) is 0 Å². The highest BCUT2D eigenvalue weighted by atomic mass is 16.6. The first-order valence-corrected chi connectivity index (χ1v) is 4.73. The summed E-state index contributed by atoms with van der Waals surface area (Å²) < 4.78 is 4.92. The summed E-state index contributed by atoms with van der Waals surface area (Å²) in [6.45, 7) is 2.04. The smallest absolute Gasteiger partial charge is 0.219 e. The molecule has 80 valence electrons. The minimum Gasteiger partial charge on any atom is -0.384 e. The van der Waals surface area contributed by atoms with Crippen LogP contribution in [-0.2, 0) is 9.53 Å². The molecule has 1 saturated carbocycles. The predicted octanol–water partition coefficient (Wildman–Crippen LogP) is 0.893. The van der Waals surface area contributed by atoms with Gasteiger partial charge in [-0.15, -0.1) is 0 Å². The van der Waals surface area contributed by atoms with Crippen molar-refractivity contribution >= 4 is 5.78 Å². The maximum atomic E-state index is 11.4. The molecule has 0 aromatic heterocycles. The first kappa shape index (κ1) is 11.1. The molecule has 14 heavy (non-hydrogen) atoms. The van der Waals surface area contributed by atoms with E-state index in [9.17, 15) is 14.9 Å². The van der Waals surface area contributed by atoms with E-state index >= 15 is 0 Å². The maximum Gasteiger partial charge on any atom is 0.219 e. The first-order valence-electron chi connectivity index (χ1n) is 4.73. The van der Waals surface area contributed by atoms with Crippen molar-refractivity contribution in [1.82, 2.24) is 0 Å². The Morgan fingerprint density at radius 1 is 1.64 bits per heavy atom. The third-order valence-electron chi connectivity index (χ3n) is 2.96. The first-order chi connectivity index (χ1) is 6.57. The molecule has 0 spiro atoms. The number of carbonyl (C=O) groups is 1. The Balaban J connectivity index is 2.76. The fourth-order valence-corrected chi connectivity index (χ4v) is 2.01. The zero-order chi connectivity index (χ0) is 10.7. The lowest BCUT2D eigenvalue weighted by molar-refractivity contribution is -0.536. The topological polar surface area (TPSA) is 69.4 Å². The SMILES string of the molecule is COC[C@@H]1[C@H]([N+](=O)[O-])CCC(=O)[C@@H]1C. The van der Waals surface area contributed by atoms with Gasteiger partial charge in [0.25, 0.3) is 0 Å². The molecule has 1 aliphatic rings. The number of nitro groups is 1. The van der Waals surface area contributed by atoms with Gasteiger partial charge in [0.1, 0.15) is 5.78 Å². The largest absolute Gasteiger partial charge is 0.384 e. The molecule has 1 aliphatic carbocycles. The van der Waals surface area contributed by atoms with Crippen molar-refractivity contribution in [3.05, 3.63) is 10.1 Å². The normalized spacial score (nSPS) is 33.0. The van der Waals surface area contributed by atoms with E-state index < -0.39 is 6.04 Å². The average Bonchev–Trinajstić information content (AvgIpc) is 2.13. The molecule has 0 aromatic carbocycles. The summed E-state index contributed by atoms with van der Waals surface area (Å²) in [4.78, 5) is 21.8. The highest BCUT2D eigenvalue weighted by Crippen LogP contribution is 2.29. The van der Waals surface area contributed by atoms with Crippen LogP contribution in [0.15, 0.2) is 0 Å². The number of hydrogen-bond donors (Lipinski definition) is 0. The van der Waals surface area contributed by atoms with Gasteiger partial charge in [0.05, 0.1) is 12.5 Å². The minimum absolute atomic E-state index is 0.116. The number of ketones is 1. The number of ether oxygens (including phenoxy) is 1. The van der Waals surface area contributed by atoms with Crippen molar-refractivity contribution in [2.24, 2.45) is 11.8 Å². The third-order valence-corrected chi connectivity index (χ3v) is 2.96. The Bertz CT molecular complexity index is 241. The van der Waals surface area contributed by atoms with Gasteiger partial charge in [0, 0.05) is 30.8 Å². The lowest BCUT2D eigenvalue weighted by Crippen LogP contribution is -2.43. The molecule has 0 aromatic rings. The van der Waals surface area contributed by atoms with Gasteiger partial charge < -0.3 is 4.74 Å². The molecule has 0 bridgehead atoms. The predicted molar refractivity (Wildman–Crippen MR) is 49.6 cm³/mol. The van der Waals surface area contributed by atoms with E-state index in [2.05, 4.69) is 0 Å². The van der Waals surface area contributed by atoms with E-state index in [1.54, 1.807) is 6.92 Å². The van der Waals surface area contributed by atoms with Crippen LogP contribution in [0.1, 0.15) is 19.8 Å². The number of carbonyl (C=O) groups excluding carboxylic acids is 1. The maximum absolute atomic E-state index is 11.4. The highest BCUT2D eigenvalue weighted by molar-refractivity contribution is 5.81. The average molecular weight is 201 g/mol. The number of Topliss-reactive ketones (excluding diaryl/α,β-unsaturated/α-hetero) is 1. The number of hydrogen-bond acceptors (Lipinski definition) is 4. The quantitative estimate of drug-likeness (QED) is 0.502. The molecule has 1 fully saturated rings. The van der Waals surface area contributed by atoms with Crippen molar-refractivity contribution in [2.45, 2.75) is 25.8 Å². The molecule has 5 nitrogen and oxygen atoms in total. The Hall–Kier alpha value is -0.970. The van der Waals surface area contributed by atoms with Gasteiger partial charge >= 0.3 is 0 Å². The lowest BCUT2D eigenvalue weighted by Gasteiger charge is -2.29. The monoisotopic (exact) mass is 201 g/mol. The van der Waals surface area contributed by atoms with Crippen LogP contribution in [0.3, 0.4) is 0 Å². The van der Waals surface area contributed by atoms with E-state index in [-0.39, 0.29) is 22.5 Å². The van der Waals surface area contributed by atoms with Crippen LogP contribution in [0.4, 0.5) is 0 Å². The number of nitrogens with zero attached hydrogens (tertiary/aromatic N) is 1. The fraction of sp³-hybridized carbons (Fsp3) is 0.889. The van der Waals surface area contributed by atoms with E-state index in [1.807, 2.05) is 0 Å². The molecular weight excluding hydrogens is 186 g/mol. The molecule has 0 unspecified atom stereocenters. The van der Waals surface area contributed by atoms with Crippen molar-refractivity contribution in [2.75, 3.05) is 13.7 Å². The van der Waals surface area contributed by atoms with Crippen molar-refractivity contribution in [1.29, 1.82) is 0 Å². The Labute approximate surface area is 82.6 Å². The second-order valence-electron chi connectivity index (χ2n) is 3.77. The molecule has 5 heteroatoms. The van der Waals surface area contributed by atoms with Crippen LogP contribution < -0.4 is 0 Å². The van der Waals surface area contributed by atoms with Crippen LogP contribution in [0.2, 0.25) is 0 Å². The Morgan fingerprint density at radius 2 is 2.29 bits per heavy atom. The van der Waals surface area contributed by atoms with Gasteiger partial charge in [-0.05, 0) is 0 Å². The fourth-order valence-electron chi connectivity index (χ4n) is 2.01. The summed E-state index contributed by atoms with van der Waals surface area (Å²) in [7, 11) is 1.50. The van der Waals surface area contributed by atoms with Crippen molar-refractivity contribution < 1.29 is 14.5 Å². The summed E-state index contributed by atoms with van der Waals surface area (Å²) in [5.74, 6) is -0.402. The van der Waals surface area contributed by atoms with Gasteiger partial charge in [-0.1, -0.05) is 6.92 Å². The van der Waals surface area contributed by atoms with Gasteiger partial charge in [-0.25, -0.2) is 0 Å². The van der Waals surface area contributed by atoms with E-state index in [1.165, 1.54) is 7.11 Å². The van der Waals surface area contributed by atoms with Crippen LogP contribution in [0.5, 0.6) is 0 Å². The third kappa shape index (κ3) is 2.09. The zero-order valence-corrected chi connectivity index (χ0v) is 8.43. The number of rotatable bonds is 3. The van der Waals surface area contributed by atoms with Crippen molar-refractivity contribution in [3.63, 3.8) is 0 Å². The Morgan fingerprint density at radius 3 is 2.79 bits per heavy atom. The zero-order valence-electron chi connectivity index (χ0n) is 8.43. The van der Waals surface area contributed by atoms with E-state index in [4.69, 9.17) is 4.74 Å². The standard InChI is InChI=1S/C9H15NO4/c1-6-7(5-14-2)8(10(12)13)3-4-9(6)11/h6-8H,3-5H2,1-2H3/t6-,7+,8-/m1/s1. The number of methoxy groups -OCH3 is 1. The lowest BCUT2D eigenvalue weighted by atomic mass is 9.76. The van der Waals surface area contributed by atoms with Crippen LogP contribution in [0, 0.1) is 22.0 Å². The molecule has 0 aliphatic heterocycles. The van der Waals surface area contributed by atoms with Crippen LogP contribution in [-0.4, -0.2) is 30.5 Å². The highest BCUT2D eigenvalue weighted by Gasteiger charge is 2.42. The van der Waals surface area contributed by atoms with Gasteiger partial charge in [-0.3, -0.25) is 14.9 Å². The van der Waals surface area contributed by atoms with Gasteiger partial charge in [0.2, 0.25) is 6.04 Å². The molecule has 1 rings (SSSR count). The summed E-state index contributed by atoms with van der Waals surface area (Å²) in [5, 5.41) is 10.7. The molecule has 0 N–H and O–H groups in total. The molecule has 0 heterocycles.